The summed E-state index contributed by atoms with van der Waals surface area (Å²) in [5.41, 5.74) is 0.671. The van der Waals surface area contributed by atoms with Gasteiger partial charge in [0, 0.05) is 19.1 Å². The van der Waals surface area contributed by atoms with Gasteiger partial charge in [0.25, 0.3) is 5.56 Å². The number of carbonyl (C=O) groups excluding carboxylic acids is 1. The van der Waals surface area contributed by atoms with Gasteiger partial charge in [0.1, 0.15) is 0 Å². The topological polar surface area (TPSA) is 55.2 Å². The minimum atomic E-state index is -0.0218. The number of piperidine rings is 1. The van der Waals surface area contributed by atoms with Crippen molar-refractivity contribution in [1.82, 2.24) is 14.5 Å². The number of hydrogen-bond donors (Lipinski definition) is 0. The lowest BCUT2D eigenvalue weighted by Crippen LogP contribution is -2.40. The van der Waals surface area contributed by atoms with Crippen LogP contribution in [0.1, 0.15) is 46.1 Å². The number of likely N-dealkylation sites (tertiary alicyclic amines) is 1. The van der Waals surface area contributed by atoms with Crippen LogP contribution < -0.4 is 5.56 Å². The zero-order valence-corrected chi connectivity index (χ0v) is 16.6. The molecular formula is C20H27N3O2S. The number of rotatable bonds is 5. The summed E-state index contributed by atoms with van der Waals surface area (Å²) in [6.45, 7) is 7.95. The molecule has 0 bridgehead atoms. The van der Waals surface area contributed by atoms with Gasteiger partial charge in [0.2, 0.25) is 5.91 Å². The first-order valence-corrected chi connectivity index (χ1v) is 10.4. The largest absolute Gasteiger partial charge is 0.342 e. The molecule has 1 fully saturated rings. The summed E-state index contributed by atoms with van der Waals surface area (Å²) in [6, 6.07) is 7.47. The van der Waals surface area contributed by atoms with Crippen LogP contribution in [0.4, 0.5) is 0 Å². The fraction of sp³-hybridized carbons (Fsp3) is 0.550. The molecule has 2 aromatic rings. The number of hydrogen-bond acceptors (Lipinski definition) is 4. The van der Waals surface area contributed by atoms with E-state index in [4.69, 9.17) is 4.98 Å². The minimum Gasteiger partial charge on any atom is -0.342 e. The molecule has 3 rings (SSSR count). The fourth-order valence-electron chi connectivity index (χ4n) is 3.43. The van der Waals surface area contributed by atoms with Gasteiger partial charge in [-0.1, -0.05) is 37.7 Å². The van der Waals surface area contributed by atoms with Gasteiger partial charge in [-0.2, -0.15) is 0 Å². The number of fused-ring (bicyclic) bond motifs is 1. The van der Waals surface area contributed by atoms with E-state index in [0.717, 1.165) is 25.9 Å². The Bertz CT molecular complexity index is 849. The molecule has 140 valence electrons. The first-order valence-electron chi connectivity index (χ1n) is 9.43. The summed E-state index contributed by atoms with van der Waals surface area (Å²) < 4.78 is 1.75. The van der Waals surface area contributed by atoms with Gasteiger partial charge < -0.3 is 4.90 Å². The average Bonchev–Trinajstić information content (AvgIpc) is 2.65. The second-order valence-corrected chi connectivity index (χ2v) is 8.16. The summed E-state index contributed by atoms with van der Waals surface area (Å²) in [4.78, 5) is 32.2. The molecule has 6 heteroatoms. The van der Waals surface area contributed by atoms with Crippen molar-refractivity contribution in [3.05, 3.63) is 34.6 Å². The van der Waals surface area contributed by atoms with E-state index in [1.165, 1.54) is 18.2 Å². The molecule has 0 aliphatic carbocycles. The summed E-state index contributed by atoms with van der Waals surface area (Å²) in [6.07, 6.45) is 3.10. The molecule has 2 heterocycles. The maximum absolute atomic E-state index is 13.0. The van der Waals surface area contributed by atoms with Crippen molar-refractivity contribution in [2.24, 2.45) is 5.92 Å². The molecule has 0 unspecified atom stereocenters. The van der Waals surface area contributed by atoms with Crippen molar-refractivity contribution in [2.45, 2.75) is 51.2 Å². The van der Waals surface area contributed by atoms with Crippen LogP contribution in [0.3, 0.4) is 0 Å². The molecule has 0 spiro atoms. The number of carbonyl (C=O) groups is 1. The summed E-state index contributed by atoms with van der Waals surface area (Å²) in [7, 11) is 0. The second kappa shape index (κ2) is 8.25. The van der Waals surface area contributed by atoms with Gasteiger partial charge in [0.15, 0.2) is 5.16 Å². The van der Waals surface area contributed by atoms with Crippen molar-refractivity contribution in [1.29, 1.82) is 0 Å². The van der Waals surface area contributed by atoms with Crippen LogP contribution >= 0.6 is 11.8 Å². The van der Waals surface area contributed by atoms with Gasteiger partial charge in [-0.3, -0.25) is 14.2 Å². The highest BCUT2D eigenvalue weighted by molar-refractivity contribution is 7.99. The van der Waals surface area contributed by atoms with Gasteiger partial charge in [0.05, 0.1) is 16.7 Å². The van der Waals surface area contributed by atoms with Gasteiger partial charge in [-0.25, -0.2) is 4.98 Å². The van der Waals surface area contributed by atoms with E-state index in [9.17, 15) is 9.59 Å². The van der Waals surface area contributed by atoms with Crippen molar-refractivity contribution in [2.75, 3.05) is 18.8 Å². The molecule has 0 saturated carbocycles. The summed E-state index contributed by atoms with van der Waals surface area (Å²) >= 11 is 1.38. The maximum Gasteiger partial charge on any atom is 0.262 e. The van der Waals surface area contributed by atoms with E-state index in [0.29, 0.717) is 27.7 Å². The van der Waals surface area contributed by atoms with Crippen LogP contribution in [0.15, 0.2) is 34.2 Å². The Hall–Kier alpha value is -1.82. The predicted molar refractivity (Wildman–Crippen MR) is 107 cm³/mol. The van der Waals surface area contributed by atoms with Crippen LogP contribution in [-0.4, -0.2) is 39.2 Å². The quantitative estimate of drug-likeness (QED) is 0.592. The lowest BCUT2D eigenvalue weighted by Gasteiger charge is -2.31. The van der Waals surface area contributed by atoms with Crippen molar-refractivity contribution in [3.8, 4) is 0 Å². The Kier molecular flexibility index (Phi) is 6.01. The van der Waals surface area contributed by atoms with Crippen LogP contribution in [0.2, 0.25) is 0 Å². The van der Waals surface area contributed by atoms with E-state index in [1.54, 1.807) is 4.57 Å². The predicted octanol–water partition coefficient (Wildman–Crippen LogP) is 3.72. The average molecular weight is 374 g/mol. The minimum absolute atomic E-state index is 0.0218. The third kappa shape index (κ3) is 3.95. The van der Waals surface area contributed by atoms with Crippen molar-refractivity contribution in [3.63, 3.8) is 0 Å². The Morgan fingerprint density at radius 1 is 1.38 bits per heavy atom. The zero-order valence-electron chi connectivity index (χ0n) is 15.8. The highest BCUT2D eigenvalue weighted by Crippen LogP contribution is 2.23. The first kappa shape index (κ1) is 19.0. The Balaban J connectivity index is 1.86. The summed E-state index contributed by atoms with van der Waals surface area (Å²) in [5.74, 6) is 1.03. The van der Waals surface area contributed by atoms with Crippen LogP contribution in [-0.2, 0) is 4.79 Å². The molecule has 26 heavy (non-hydrogen) atoms. The molecule has 1 aromatic heterocycles. The van der Waals surface area contributed by atoms with E-state index in [2.05, 4.69) is 13.8 Å². The SMILES string of the molecule is CC[C@H](C)n1c(SCC(=O)N2CCC[C@H](C)C2)nc2ccccc2c1=O. The van der Waals surface area contributed by atoms with Crippen LogP contribution in [0.25, 0.3) is 10.9 Å². The first-order chi connectivity index (χ1) is 12.5. The van der Waals surface area contributed by atoms with E-state index in [1.807, 2.05) is 36.1 Å². The lowest BCUT2D eigenvalue weighted by atomic mass is 10.0. The lowest BCUT2D eigenvalue weighted by molar-refractivity contribution is -0.130. The normalized spacial score (nSPS) is 18.9. The van der Waals surface area contributed by atoms with Crippen molar-refractivity contribution < 1.29 is 4.79 Å². The zero-order chi connectivity index (χ0) is 18.7. The van der Waals surface area contributed by atoms with E-state index < -0.39 is 0 Å². The number of para-hydroxylation sites is 1. The van der Waals surface area contributed by atoms with Gasteiger partial charge in [-0.15, -0.1) is 0 Å². The van der Waals surface area contributed by atoms with Crippen molar-refractivity contribution >= 4 is 28.6 Å². The third-order valence-electron chi connectivity index (χ3n) is 5.14. The Morgan fingerprint density at radius 3 is 2.88 bits per heavy atom. The second-order valence-electron chi connectivity index (χ2n) is 7.22. The number of benzene rings is 1. The molecule has 1 aromatic carbocycles. The molecular weight excluding hydrogens is 346 g/mol. The molecule has 2 atom stereocenters. The number of thioether (sulfide) groups is 1. The number of nitrogens with zero attached hydrogens (tertiary/aromatic N) is 3. The highest BCUT2D eigenvalue weighted by atomic mass is 32.2. The maximum atomic E-state index is 13.0. The number of amides is 1. The molecule has 1 saturated heterocycles. The monoisotopic (exact) mass is 373 g/mol. The molecule has 1 aliphatic heterocycles. The Labute approximate surface area is 158 Å². The smallest absolute Gasteiger partial charge is 0.262 e. The van der Waals surface area contributed by atoms with E-state index >= 15 is 0 Å². The fourth-order valence-corrected chi connectivity index (χ4v) is 4.43. The Morgan fingerprint density at radius 2 is 2.15 bits per heavy atom. The third-order valence-corrected chi connectivity index (χ3v) is 6.08. The van der Waals surface area contributed by atoms with Crippen LogP contribution in [0.5, 0.6) is 0 Å². The molecule has 0 radical (unpaired) electrons. The van der Waals surface area contributed by atoms with E-state index in [-0.39, 0.29) is 17.5 Å². The molecule has 5 nitrogen and oxygen atoms in total. The van der Waals surface area contributed by atoms with Crippen LogP contribution in [0, 0.1) is 5.92 Å². The highest BCUT2D eigenvalue weighted by Gasteiger charge is 2.22. The van der Waals surface area contributed by atoms with Gasteiger partial charge >= 0.3 is 0 Å². The standard InChI is InChI=1S/C20H27N3O2S/c1-4-15(3)23-19(25)16-9-5-6-10-17(16)21-20(23)26-13-18(24)22-11-7-8-14(2)12-22/h5-6,9-10,14-15H,4,7-8,11-13H2,1-3H3/t14-,15-/m0/s1. The van der Waals surface area contributed by atoms with Gasteiger partial charge in [-0.05, 0) is 44.2 Å². The molecule has 1 aliphatic rings. The molecule has 1 amide bonds. The number of aromatic nitrogens is 2. The summed E-state index contributed by atoms with van der Waals surface area (Å²) in [5, 5.41) is 1.27. The molecule has 0 N–H and O–H groups in total.